The maximum Gasteiger partial charge on any atom is 0.195 e. The van der Waals surface area contributed by atoms with Crippen molar-refractivity contribution in [3.05, 3.63) is 47.0 Å². The summed E-state index contributed by atoms with van der Waals surface area (Å²) in [5, 5.41) is 7.41. The molecule has 30 heavy (non-hydrogen) atoms. The first-order chi connectivity index (χ1) is 14.5. The molecule has 1 saturated heterocycles. The van der Waals surface area contributed by atoms with E-state index in [0.717, 1.165) is 42.5 Å². The van der Waals surface area contributed by atoms with Gasteiger partial charge < -0.3 is 29.9 Å². The molecule has 0 bridgehead atoms. The molecule has 2 aromatic rings. The minimum atomic E-state index is 0.564. The summed E-state index contributed by atoms with van der Waals surface area (Å²) in [4.78, 5) is 9.07. The SMILES string of the molecule is CN=C(NCc1c(Cl)cccc1N1CCN(C)CC1)Nc1ccc(OC)c(OC)c1. The lowest BCUT2D eigenvalue weighted by molar-refractivity contribution is 0.312. The molecule has 1 heterocycles. The van der Waals surface area contributed by atoms with Crippen LogP contribution >= 0.6 is 11.6 Å². The first-order valence-corrected chi connectivity index (χ1v) is 10.3. The lowest BCUT2D eigenvalue weighted by Crippen LogP contribution is -2.45. The number of hydrogen-bond donors (Lipinski definition) is 2. The minimum Gasteiger partial charge on any atom is -0.493 e. The number of halogens is 1. The second kappa shape index (κ2) is 10.4. The molecule has 0 aliphatic carbocycles. The highest BCUT2D eigenvalue weighted by Gasteiger charge is 2.18. The van der Waals surface area contributed by atoms with Crippen LogP contribution in [0.15, 0.2) is 41.4 Å². The summed E-state index contributed by atoms with van der Waals surface area (Å²) in [6.45, 7) is 4.63. The van der Waals surface area contributed by atoms with E-state index in [2.05, 4.69) is 38.5 Å². The fourth-order valence-electron chi connectivity index (χ4n) is 3.47. The number of rotatable bonds is 6. The fourth-order valence-corrected chi connectivity index (χ4v) is 3.70. The Morgan fingerprint density at radius 1 is 1.07 bits per heavy atom. The van der Waals surface area contributed by atoms with Gasteiger partial charge in [0.1, 0.15) is 0 Å². The van der Waals surface area contributed by atoms with Gasteiger partial charge in [-0.1, -0.05) is 17.7 Å². The summed E-state index contributed by atoms with van der Waals surface area (Å²) in [6.07, 6.45) is 0. The Labute approximate surface area is 183 Å². The summed E-state index contributed by atoms with van der Waals surface area (Å²) < 4.78 is 10.7. The molecule has 0 saturated carbocycles. The maximum absolute atomic E-state index is 6.57. The number of aliphatic imine (C=N–C) groups is 1. The predicted octanol–water partition coefficient (Wildman–Crippen LogP) is 3.30. The molecule has 1 fully saturated rings. The first kappa shape index (κ1) is 22.1. The van der Waals surface area contributed by atoms with E-state index < -0.39 is 0 Å². The zero-order chi connectivity index (χ0) is 21.5. The normalized spacial score (nSPS) is 15.1. The van der Waals surface area contributed by atoms with Crippen molar-refractivity contribution in [3.8, 4) is 11.5 Å². The number of nitrogens with one attached hydrogen (secondary N) is 2. The van der Waals surface area contributed by atoms with Crippen LogP contribution in [-0.4, -0.2) is 65.4 Å². The Kier molecular flexibility index (Phi) is 7.65. The standard InChI is InChI=1S/C22H30ClN5O2/c1-24-22(26-16-8-9-20(29-3)21(14-16)30-4)25-15-17-18(23)6-5-7-19(17)28-12-10-27(2)11-13-28/h5-9,14H,10-13,15H2,1-4H3,(H2,24,25,26). The molecular weight excluding hydrogens is 402 g/mol. The van der Waals surface area contributed by atoms with Crippen LogP contribution in [0.3, 0.4) is 0 Å². The van der Waals surface area contributed by atoms with Crippen molar-refractivity contribution in [1.82, 2.24) is 10.2 Å². The average molecular weight is 432 g/mol. The van der Waals surface area contributed by atoms with Gasteiger partial charge in [-0.05, 0) is 31.3 Å². The van der Waals surface area contributed by atoms with Crippen molar-refractivity contribution >= 4 is 28.9 Å². The van der Waals surface area contributed by atoms with Gasteiger partial charge in [0, 0.05) is 67.8 Å². The predicted molar refractivity (Wildman–Crippen MR) is 125 cm³/mol. The molecule has 1 aliphatic heterocycles. The molecule has 2 aromatic carbocycles. The highest BCUT2D eigenvalue weighted by atomic mass is 35.5. The van der Waals surface area contributed by atoms with Gasteiger partial charge in [-0.25, -0.2) is 0 Å². The topological polar surface area (TPSA) is 61.4 Å². The highest BCUT2D eigenvalue weighted by molar-refractivity contribution is 6.31. The molecule has 0 radical (unpaired) electrons. The quantitative estimate of drug-likeness (QED) is 0.540. The number of nitrogens with zero attached hydrogens (tertiary/aromatic N) is 3. The van der Waals surface area contributed by atoms with E-state index >= 15 is 0 Å². The van der Waals surface area contributed by atoms with Crippen molar-refractivity contribution in [2.45, 2.75) is 6.54 Å². The summed E-state index contributed by atoms with van der Waals surface area (Å²) in [5.74, 6) is 1.98. The Morgan fingerprint density at radius 2 is 1.80 bits per heavy atom. The van der Waals surface area contributed by atoms with Gasteiger partial charge in [0.25, 0.3) is 0 Å². The second-order valence-electron chi connectivity index (χ2n) is 7.15. The lowest BCUT2D eigenvalue weighted by Gasteiger charge is -2.35. The number of anilines is 2. The van der Waals surface area contributed by atoms with Crippen LogP contribution in [0.5, 0.6) is 11.5 Å². The molecule has 3 rings (SSSR count). The smallest absolute Gasteiger partial charge is 0.195 e. The third-order valence-corrected chi connectivity index (χ3v) is 5.59. The molecule has 0 aromatic heterocycles. The number of hydrogen-bond acceptors (Lipinski definition) is 5. The van der Waals surface area contributed by atoms with Crippen molar-refractivity contribution in [2.75, 3.05) is 64.7 Å². The number of ether oxygens (including phenoxy) is 2. The van der Waals surface area contributed by atoms with E-state index in [0.29, 0.717) is 24.0 Å². The van der Waals surface area contributed by atoms with Gasteiger partial charge in [0.05, 0.1) is 14.2 Å². The number of benzene rings is 2. The first-order valence-electron chi connectivity index (χ1n) is 9.96. The molecule has 0 amide bonds. The summed E-state index contributed by atoms with van der Waals surface area (Å²) in [6, 6.07) is 11.7. The van der Waals surface area contributed by atoms with Crippen molar-refractivity contribution in [2.24, 2.45) is 4.99 Å². The monoisotopic (exact) mass is 431 g/mol. The van der Waals surface area contributed by atoms with Gasteiger partial charge in [-0.2, -0.15) is 0 Å². The number of likely N-dealkylation sites (N-methyl/N-ethyl adjacent to an activating group) is 1. The molecule has 7 nitrogen and oxygen atoms in total. The minimum absolute atomic E-state index is 0.564. The van der Waals surface area contributed by atoms with Crippen molar-refractivity contribution in [1.29, 1.82) is 0 Å². The van der Waals surface area contributed by atoms with Crippen LogP contribution < -0.4 is 25.0 Å². The molecule has 2 N–H and O–H groups in total. The third-order valence-electron chi connectivity index (χ3n) is 5.24. The Balaban J connectivity index is 1.71. The summed E-state index contributed by atoms with van der Waals surface area (Å²) in [7, 11) is 7.13. The van der Waals surface area contributed by atoms with Crippen LogP contribution in [-0.2, 0) is 6.54 Å². The largest absolute Gasteiger partial charge is 0.493 e. The van der Waals surface area contributed by atoms with Gasteiger partial charge in [-0.15, -0.1) is 0 Å². The molecule has 0 atom stereocenters. The zero-order valence-corrected chi connectivity index (χ0v) is 18.8. The number of methoxy groups -OCH3 is 2. The van der Waals surface area contributed by atoms with Crippen LogP contribution in [0, 0.1) is 0 Å². The number of guanidine groups is 1. The van der Waals surface area contributed by atoms with Crippen LogP contribution in [0.2, 0.25) is 5.02 Å². The zero-order valence-electron chi connectivity index (χ0n) is 18.0. The van der Waals surface area contributed by atoms with E-state index in [-0.39, 0.29) is 0 Å². The second-order valence-corrected chi connectivity index (χ2v) is 7.56. The Bertz CT molecular complexity index is 882. The van der Waals surface area contributed by atoms with Gasteiger partial charge in [0.15, 0.2) is 17.5 Å². The summed E-state index contributed by atoms with van der Waals surface area (Å²) >= 11 is 6.57. The Hall–Kier alpha value is -2.64. The number of piperazine rings is 1. The van der Waals surface area contributed by atoms with Crippen LogP contribution in [0.1, 0.15) is 5.56 Å². The van der Waals surface area contributed by atoms with E-state index in [1.807, 2.05) is 30.3 Å². The molecule has 0 unspecified atom stereocenters. The highest BCUT2D eigenvalue weighted by Crippen LogP contribution is 2.30. The molecule has 1 aliphatic rings. The lowest BCUT2D eigenvalue weighted by atomic mass is 10.1. The molecular formula is C22H30ClN5O2. The van der Waals surface area contributed by atoms with Gasteiger partial charge in [-0.3, -0.25) is 4.99 Å². The van der Waals surface area contributed by atoms with E-state index in [4.69, 9.17) is 21.1 Å². The third kappa shape index (κ3) is 5.29. The van der Waals surface area contributed by atoms with Crippen LogP contribution in [0.25, 0.3) is 0 Å². The fraction of sp³-hybridized carbons (Fsp3) is 0.409. The summed E-state index contributed by atoms with van der Waals surface area (Å²) in [5.41, 5.74) is 3.09. The van der Waals surface area contributed by atoms with Gasteiger partial charge >= 0.3 is 0 Å². The molecule has 0 spiro atoms. The van der Waals surface area contributed by atoms with Gasteiger partial charge in [0.2, 0.25) is 0 Å². The van der Waals surface area contributed by atoms with Crippen LogP contribution in [0.4, 0.5) is 11.4 Å². The van der Waals surface area contributed by atoms with Crippen molar-refractivity contribution in [3.63, 3.8) is 0 Å². The molecule has 162 valence electrons. The van der Waals surface area contributed by atoms with E-state index in [1.165, 1.54) is 5.69 Å². The molecule has 8 heteroatoms. The van der Waals surface area contributed by atoms with Crippen molar-refractivity contribution < 1.29 is 9.47 Å². The van der Waals surface area contributed by atoms with E-state index in [9.17, 15) is 0 Å². The average Bonchev–Trinajstić information content (AvgIpc) is 2.77. The van der Waals surface area contributed by atoms with E-state index in [1.54, 1.807) is 21.3 Å². The maximum atomic E-state index is 6.57. The Morgan fingerprint density at radius 3 is 2.47 bits per heavy atom.